The summed E-state index contributed by atoms with van der Waals surface area (Å²) < 4.78 is 5.50. The lowest BCUT2D eigenvalue weighted by atomic mass is 10.1. The average molecular weight is 261 g/mol. The largest absolute Gasteiger partial charge is 0.491 e. The first-order valence-corrected chi connectivity index (χ1v) is 6.00. The Bertz CT molecular complexity index is 536. The van der Waals surface area contributed by atoms with Crippen molar-refractivity contribution in [3.05, 3.63) is 41.5 Å². The number of para-hydroxylation sites is 1. The summed E-state index contributed by atoms with van der Waals surface area (Å²) in [5.41, 5.74) is 0.743. The minimum Gasteiger partial charge on any atom is -0.491 e. The number of hydrogen-bond donors (Lipinski definition) is 1. The number of aliphatic carboxylic acids is 1. The van der Waals surface area contributed by atoms with Crippen LogP contribution in [0.3, 0.4) is 0 Å². The minimum atomic E-state index is -0.973. The molecular weight excluding hydrogens is 246 g/mol. The molecule has 1 aliphatic heterocycles. The molecule has 0 saturated carbocycles. The van der Waals surface area contributed by atoms with Gasteiger partial charge in [0.1, 0.15) is 12.4 Å². The van der Waals surface area contributed by atoms with Crippen LogP contribution in [0, 0.1) is 0 Å². The molecule has 100 valence electrons. The van der Waals surface area contributed by atoms with Gasteiger partial charge in [-0.05, 0) is 19.1 Å². The molecule has 0 spiro atoms. The van der Waals surface area contributed by atoms with Crippen LogP contribution in [0.1, 0.15) is 17.3 Å². The van der Waals surface area contributed by atoms with Gasteiger partial charge in [-0.2, -0.15) is 0 Å². The molecule has 0 unspecified atom stereocenters. The second kappa shape index (κ2) is 5.56. The van der Waals surface area contributed by atoms with Crippen molar-refractivity contribution in [2.75, 3.05) is 19.7 Å². The fourth-order valence-electron chi connectivity index (χ4n) is 1.82. The highest BCUT2D eigenvalue weighted by atomic mass is 16.5. The van der Waals surface area contributed by atoms with Crippen molar-refractivity contribution in [1.29, 1.82) is 0 Å². The van der Waals surface area contributed by atoms with E-state index in [1.807, 2.05) is 6.07 Å². The number of benzene rings is 1. The van der Waals surface area contributed by atoms with Gasteiger partial charge in [-0.25, -0.2) is 4.79 Å². The number of carboxylic acids is 1. The van der Waals surface area contributed by atoms with E-state index in [4.69, 9.17) is 9.84 Å². The molecule has 5 nitrogen and oxygen atoms in total. The van der Waals surface area contributed by atoms with Crippen LogP contribution in [-0.4, -0.2) is 41.6 Å². The molecule has 1 aromatic carbocycles. The maximum absolute atomic E-state index is 12.3. The first-order chi connectivity index (χ1) is 9.09. The highest BCUT2D eigenvalue weighted by molar-refractivity contribution is 5.97. The third-order valence-corrected chi connectivity index (χ3v) is 2.98. The quantitative estimate of drug-likeness (QED) is 0.838. The summed E-state index contributed by atoms with van der Waals surface area (Å²) in [4.78, 5) is 24.6. The zero-order valence-corrected chi connectivity index (χ0v) is 10.6. The second-order valence-electron chi connectivity index (χ2n) is 4.29. The number of amides is 1. The minimum absolute atomic E-state index is 0.137. The fourth-order valence-corrected chi connectivity index (χ4v) is 1.82. The van der Waals surface area contributed by atoms with Crippen LogP contribution in [0.5, 0.6) is 5.75 Å². The topological polar surface area (TPSA) is 66.8 Å². The lowest BCUT2D eigenvalue weighted by Gasteiger charge is -2.17. The van der Waals surface area contributed by atoms with Gasteiger partial charge in [0.2, 0.25) is 0 Å². The van der Waals surface area contributed by atoms with E-state index in [-0.39, 0.29) is 18.0 Å². The fraction of sp³-hybridized carbons (Fsp3) is 0.286. The number of carbonyl (C=O) groups is 2. The summed E-state index contributed by atoms with van der Waals surface area (Å²) in [7, 11) is 0. The number of ether oxygens (including phenoxy) is 1. The highest BCUT2D eigenvalue weighted by Gasteiger charge is 2.22. The molecule has 1 N–H and O–H groups in total. The van der Waals surface area contributed by atoms with E-state index < -0.39 is 5.97 Å². The van der Waals surface area contributed by atoms with E-state index in [1.54, 1.807) is 23.1 Å². The molecule has 0 aliphatic carbocycles. The Hall–Kier alpha value is -2.30. The molecule has 2 rings (SSSR count). The lowest BCUT2D eigenvalue weighted by Crippen LogP contribution is -2.32. The van der Waals surface area contributed by atoms with Crippen LogP contribution < -0.4 is 4.74 Å². The molecule has 0 saturated heterocycles. The Morgan fingerprint density at radius 1 is 1.47 bits per heavy atom. The Labute approximate surface area is 111 Å². The van der Waals surface area contributed by atoms with Gasteiger partial charge in [0, 0.05) is 12.1 Å². The zero-order chi connectivity index (χ0) is 13.8. The van der Waals surface area contributed by atoms with Crippen LogP contribution in [-0.2, 0) is 4.79 Å². The summed E-state index contributed by atoms with van der Waals surface area (Å²) >= 11 is 0. The monoisotopic (exact) mass is 261 g/mol. The van der Waals surface area contributed by atoms with Crippen molar-refractivity contribution in [3.8, 4) is 5.75 Å². The summed E-state index contributed by atoms with van der Waals surface area (Å²) in [6, 6.07) is 7.07. The summed E-state index contributed by atoms with van der Waals surface area (Å²) in [5, 5.41) is 8.79. The van der Waals surface area contributed by atoms with Crippen molar-refractivity contribution >= 4 is 11.9 Å². The van der Waals surface area contributed by atoms with Gasteiger partial charge in [-0.1, -0.05) is 18.2 Å². The SMILES string of the molecule is C/C(=C/CN1CCOc2ccccc2C1=O)C(=O)O. The van der Waals surface area contributed by atoms with Gasteiger partial charge in [0.25, 0.3) is 5.91 Å². The third kappa shape index (κ3) is 2.93. The molecule has 1 aliphatic rings. The van der Waals surface area contributed by atoms with Gasteiger partial charge < -0.3 is 14.7 Å². The summed E-state index contributed by atoms with van der Waals surface area (Å²) in [6.07, 6.45) is 1.54. The second-order valence-corrected chi connectivity index (χ2v) is 4.29. The van der Waals surface area contributed by atoms with Gasteiger partial charge in [0.15, 0.2) is 0 Å². The Morgan fingerprint density at radius 2 is 2.21 bits per heavy atom. The van der Waals surface area contributed by atoms with E-state index in [0.717, 1.165) is 0 Å². The van der Waals surface area contributed by atoms with E-state index in [2.05, 4.69) is 0 Å². The van der Waals surface area contributed by atoms with Crippen molar-refractivity contribution in [2.45, 2.75) is 6.92 Å². The number of nitrogens with zero attached hydrogens (tertiary/aromatic N) is 1. The number of rotatable bonds is 3. The van der Waals surface area contributed by atoms with E-state index in [1.165, 1.54) is 13.0 Å². The number of fused-ring (bicyclic) bond motifs is 1. The van der Waals surface area contributed by atoms with Gasteiger partial charge >= 0.3 is 5.97 Å². The highest BCUT2D eigenvalue weighted by Crippen LogP contribution is 2.22. The Morgan fingerprint density at radius 3 is 2.95 bits per heavy atom. The average Bonchev–Trinajstić information content (AvgIpc) is 2.56. The van der Waals surface area contributed by atoms with Crippen molar-refractivity contribution in [2.24, 2.45) is 0 Å². The molecule has 1 heterocycles. The first kappa shape index (κ1) is 13.1. The number of hydrogen-bond acceptors (Lipinski definition) is 3. The predicted molar refractivity (Wildman–Crippen MR) is 69.2 cm³/mol. The zero-order valence-electron chi connectivity index (χ0n) is 10.6. The third-order valence-electron chi connectivity index (χ3n) is 2.98. The number of carboxylic acid groups (broad SMARTS) is 1. The van der Waals surface area contributed by atoms with Crippen LogP contribution >= 0.6 is 0 Å². The van der Waals surface area contributed by atoms with Gasteiger partial charge in [-0.15, -0.1) is 0 Å². The van der Waals surface area contributed by atoms with Gasteiger partial charge in [-0.3, -0.25) is 4.79 Å². The Kier molecular flexibility index (Phi) is 3.85. The van der Waals surface area contributed by atoms with Crippen LogP contribution in [0.4, 0.5) is 0 Å². The molecule has 0 aromatic heterocycles. The molecule has 5 heteroatoms. The van der Waals surface area contributed by atoms with Crippen LogP contribution in [0.15, 0.2) is 35.9 Å². The molecule has 1 aromatic rings. The van der Waals surface area contributed by atoms with Crippen LogP contribution in [0.2, 0.25) is 0 Å². The van der Waals surface area contributed by atoms with E-state index in [9.17, 15) is 9.59 Å². The molecular formula is C14H15NO4. The van der Waals surface area contributed by atoms with Crippen LogP contribution in [0.25, 0.3) is 0 Å². The molecule has 0 fully saturated rings. The predicted octanol–water partition coefficient (Wildman–Crippen LogP) is 1.55. The molecule has 0 bridgehead atoms. The van der Waals surface area contributed by atoms with E-state index >= 15 is 0 Å². The first-order valence-electron chi connectivity index (χ1n) is 6.00. The maximum atomic E-state index is 12.3. The molecule has 0 radical (unpaired) electrons. The standard InChI is InChI=1S/C14H15NO4/c1-10(14(17)18)6-7-15-8-9-19-12-5-3-2-4-11(12)13(15)16/h2-6H,7-9H2,1H3,(H,17,18)/b10-6-. The molecule has 0 atom stereocenters. The summed E-state index contributed by atoms with van der Waals surface area (Å²) in [5.74, 6) is -0.532. The van der Waals surface area contributed by atoms with Crippen molar-refractivity contribution < 1.29 is 19.4 Å². The molecule has 19 heavy (non-hydrogen) atoms. The van der Waals surface area contributed by atoms with Crippen molar-refractivity contribution in [1.82, 2.24) is 4.90 Å². The number of carbonyl (C=O) groups excluding carboxylic acids is 1. The maximum Gasteiger partial charge on any atom is 0.331 e. The normalized spacial score (nSPS) is 15.5. The summed E-state index contributed by atoms with van der Waals surface area (Å²) in [6.45, 7) is 2.63. The van der Waals surface area contributed by atoms with Crippen molar-refractivity contribution in [3.63, 3.8) is 0 Å². The lowest BCUT2D eigenvalue weighted by molar-refractivity contribution is -0.132. The Balaban J connectivity index is 2.18. The molecule has 1 amide bonds. The van der Waals surface area contributed by atoms with E-state index in [0.29, 0.717) is 24.5 Å². The van der Waals surface area contributed by atoms with Gasteiger partial charge in [0.05, 0.1) is 12.1 Å². The smallest absolute Gasteiger partial charge is 0.331 e.